The Bertz CT molecular complexity index is 612. The fraction of sp³-hybridized carbons (Fsp3) is 0.154. The molecule has 0 spiro atoms. The SMILES string of the molecule is CC(Nc1ccc(C(N)=O)c(Cl)c1)c1csc(Cl)c1. The van der Waals surface area contributed by atoms with Crippen LogP contribution in [0.25, 0.3) is 0 Å². The second-order valence-electron chi connectivity index (χ2n) is 4.11. The minimum absolute atomic E-state index is 0.0965. The van der Waals surface area contributed by atoms with E-state index in [0.717, 1.165) is 15.6 Å². The quantitative estimate of drug-likeness (QED) is 0.882. The monoisotopic (exact) mass is 314 g/mol. The van der Waals surface area contributed by atoms with Gasteiger partial charge in [0, 0.05) is 11.7 Å². The number of nitrogens with two attached hydrogens (primary N) is 1. The van der Waals surface area contributed by atoms with Gasteiger partial charge in [-0.15, -0.1) is 11.3 Å². The molecule has 6 heteroatoms. The van der Waals surface area contributed by atoms with E-state index in [0.29, 0.717) is 10.6 Å². The molecule has 1 unspecified atom stereocenters. The molecule has 1 atom stereocenters. The minimum atomic E-state index is -0.533. The maximum Gasteiger partial charge on any atom is 0.250 e. The Balaban J connectivity index is 2.15. The summed E-state index contributed by atoms with van der Waals surface area (Å²) in [6.07, 6.45) is 0. The van der Waals surface area contributed by atoms with E-state index in [2.05, 4.69) is 5.32 Å². The number of nitrogens with one attached hydrogen (secondary N) is 1. The molecule has 1 amide bonds. The van der Waals surface area contributed by atoms with E-state index in [-0.39, 0.29) is 6.04 Å². The van der Waals surface area contributed by atoms with Gasteiger partial charge in [-0.2, -0.15) is 0 Å². The molecule has 19 heavy (non-hydrogen) atoms. The van der Waals surface area contributed by atoms with Crippen LogP contribution in [0.15, 0.2) is 29.6 Å². The number of hydrogen-bond acceptors (Lipinski definition) is 3. The highest BCUT2D eigenvalue weighted by Gasteiger charge is 2.10. The van der Waals surface area contributed by atoms with Crippen LogP contribution in [0.4, 0.5) is 5.69 Å². The van der Waals surface area contributed by atoms with Crippen LogP contribution in [0.5, 0.6) is 0 Å². The number of primary amides is 1. The standard InChI is InChI=1S/C13H12Cl2N2OS/c1-7(8-4-12(15)19-6-8)17-9-2-3-10(13(16)18)11(14)5-9/h2-7,17H,1H3,(H2,16,18). The zero-order chi connectivity index (χ0) is 14.0. The van der Waals surface area contributed by atoms with E-state index in [9.17, 15) is 4.79 Å². The Morgan fingerprint density at radius 3 is 2.63 bits per heavy atom. The number of hydrogen-bond donors (Lipinski definition) is 2. The van der Waals surface area contributed by atoms with E-state index in [1.165, 1.54) is 11.3 Å². The zero-order valence-corrected chi connectivity index (χ0v) is 12.4. The first-order valence-electron chi connectivity index (χ1n) is 5.57. The molecule has 100 valence electrons. The molecule has 0 bridgehead atoms. The lowest BCUT2D eigenvalue weighted by atomic mass is 10.1. The summed E-state index contributed by atoms with van der Waals surface area (Å²) in [7, 11) is 0. The Morgan fingerprint density at radius 1 is 1.37 bits per heavy atom. The van der Waals surface area contributed by atoms with Crippen LogP contribution in [-0.4, -0.2) is 5.91 Å². The molecule has 2 aromatic rings. The lowest BCUT2D eigenvalue weighted by Crippen LogP contribution is -2.12. The van der Waals surface area contributed by atoms with Gasteiger partial charge in [0.05, 0.1) is 14.9 Å². The van der Waals surface area contributed by atoms with E-state index in [1.807, 2.05) is 18.4 Å². The van der Waals surface area contributed by atoms with Gasteiger partial charge in [0.15, 0.2) is 0 Å². The van der Waals surface area contributed by atoms with Crippen molar-refractivity contribution in [3.8, 4) is 0 Å². The number of carbonyl (C=O) groups excluding carboxylic acids is 1. The van der Waals surface area contributed by atoms with Gasteiger partial charge in [0.2, 0.25) is 5.91 Å². The minimum Gasteiger partial charge on any atom is -0.378 e. The molecular weight excluding hydrogens is 303 g/mol. The summed E-state index contributed by atoms with van der Waals surface area (Å²) < 4.78 is 0.755. The number of halogens is 2. The Morgan fingerprint density at radius 2 is 2.11 bits per heavy atom. The molecule has 0 fully saturated rings. The fourth-order valence-electron chi connectivity index (χ4n) is 1.69. The van der Waals surface area contributed by atoms with Crippen LogP contribution < -0.4 is 11.1 Å². The number of anilines is 1. The molecule has 1 aromatic carbocycles. The van der Waals surface area contributed by atoms with Crippen LogP contribution in [0, 0.1) is 0 Å². The normalized spacial score (nSPS) is 12.2. The van der Waals surface area contributed by atoms with Crippen molar-refractivity contribution in [2.24, 2.45) is 5.73 Å². The second-order valence-corrected chi connectivity index (χ2v) is 6.06. The second kappa shape index (κ2) is 5.82. The van der Waals surface area contributed by atoms with Gasteiger partial charge in [0.1, 0.15) is 0 Å². The highest BCUT2D eigenvalue weighted by molar-refractivity contribution is 7.14. The van der Waals surface area contributed by atoms with Gasteiger partial charge in [-0.3, -0.25) is 4.79 Å². The Kier molecular flexibility index (Phi) is 4.34. The zero-order valence-electron chi connectivity index (χ0n) is 10.1. The number of benzene rings is 1. The molecule has 0 saturated heterocycles. The fourth-order valence-corrected chi connectivity index (χ4v) is 2.95. The number of rotatable bonds is 4. The molecule has 0 radical (unpaired) electrons. The molecule has 0 saturated carbocycles. The third kappa shape index (κ3) is 3.41. The predicted octanol–water partition coefficient (Wildman–Crippen LogP) is 4.33. The molecule has 0 aliphatic rings. The first-order chi connectivity index (χ1) is 8.97. The molecule has 1 aromatic heterocycles. The highest BCUT2D eigenvalue weighted by atomic mass is 35.5. The van der Waals surface area contributed by atoms with E-state index in [4.69, 9.17) is 28.9 Å². The molecule has 3 nitrogen and oxygen atoms in total. The highest BCUT2D eigenvalue weighted by Crippen LogP contribution is 2.28. The van der Waals surface area contributed by atoms with E-state index in [1.54, 1.807) is 18.2 Å². The van der Waals surface area contributed by atoms with Crippen molar-refractivity contribution in [1.29, 1.82) is 0 Å². The number of thiophene rings is 1. The van der Waals surface area contributed by atoms with Crippen molar-refractivity contribution in [2.75, 3.05) is 5.32 Å². The first kappa shape index (κ1) is 14.2. The molecule has 0 aliphatic heterocycles. The topological polar surface area (TPSA) is 55.1 Å². The molecule has 3 N–H and O–H groups in total. The van der Waals surface area contributed by atoms with Gasteiger partial charge in [-0.25, -0.2) is 0 Å². The summed E-state index contributed by atoms with van der Waals surface area (Å²) in [5.41, 5.74) is 7.45. The predicted molar refractivity (Wildman–Crippen MR) is 81.3 cm³/mol. The summed E-state index contributed by atoms with van der Waals surface area (Å²) in [5, 5.41) is 5.63. The largest absolute Gasteiger partial charge is 0.378 e. The molecule has 1 heterocycles. The van der Waals surface area contributed by atoms with Crippen molar-refractivity contribution in [2.45, 2.75) is 13.0 Å². The third-order valence-corrected chi connectivity index (χ3v) is 4.13. The van der Waals surface area contributed by atoms with Gasteiger partial charge < -0.3 is 11.1 Å². The number of amides is 1. The molecule has 0 aliphatic carbocycles. The smallest absolute Gasteiger partial charge is 0.250 e. The van der Waals surface area contributed by atoms with Crippen LogP contribution in [-0.2, 0) is 0 Å². The summed E-state index contributed by atoms with van der Waals surface area (Å²) in [4.78, 5) is 11.1. The van der Waals surface area contributed by atoms with Crippen LogP contribution >= 0.6 is 34.5 Å². The van der Waals surface area contributed by atoms with Crippen LogP contribution in [0.3, 0.4) is 0 Å². The van der Waals surface area contributed by atoms with Crippen molar-refractivity contribution >= 4 is 46.1 Å². The van der Waals surface area contributed by atoms with Crippen molar-refractivity contribution in [1.82, 2.24) is 0 Å². The first-order valence-corrected chi connectivity index (χ1v) is 7.20. The molecular formula is C13H12Cl2N2OS. The van der Waals surface area contributed by atoms with Crippen molar-refractivity contribution < 1.29 is 4.79 Å². The lowest BCUT2D eigenvalue weighted by molar-refractivity contribution is 0.100. The maximum absolute atomic E-state index is 11.1. The summed E-state index contributed by atoms with van der Waals surface area (Å²) in [6.45, 7) is 2.02. The third-order valence-electron chi connectivity index (χ3n) is 2.71. The average Bonchev–Trinajstić information content (AvgIpc) is 2.75. The average molecular weight is 315 g/mol. The Labute approximate surface area is 125 Å². The maximum atomic E-state index is 11.1. The van der Waals surface area contributed by atoms with Crippen LogP contribution in [0.2, 0.25) is 9.36 Å². The lowest BCUT2D eigenvalue weighted by Gasteiger charge is -2.14. The van der Waals surface area contributed by atoms with E-state index >= 15 is 0 Å². The van der Waals surface area contributed by atoms with Gasteiger partial charge in [-0.05, 0) is 42.1 Å². The summed E-state index contributed by atoms with van der Waals surface area (Å²) >= 11 is 13.4. The van der Waals surface area contributed by atoms with Crippen molar-refractivity contribution in [3.05, 3.63) is 50.1 Å². The van der Waals surface area contributed by atoms with Gasteiger partial charge in [-0.1, -0.05) is 23.2 Å². The van der Waals surface area contributed by atoms with E-state index < -0.39 is 5.91 Å². The molecule has 2 rings (SSSR count). The van der Waals surface area contributed by atoms with Crippen LogP contribution in [0.1, 0.15) is 28.9 Å². The van der Waals surface area contributed by atoms with Gasteiger partial charge >= 0.3 is 0 Å². The number of carbonyl (C=O) groups is 1. The Hall–Kier alpha value is -1.23. The summed E-state index contributed by atoms with van der Waals surface area (Å²) in [5.74, 6) is -0.533. The summed E-state index contributed by atoms with van der Waals surface area (Å²) in [6, 6.07) is 7.09. The van der Waals surface area contributed by atoms with Crippen molar-refractivity contribution in [3.63, 3.8) is 0 Å². The van der Waals surface area contributed by atoms with Gasteiger partial charge in [0.25, 0.3) is 0 Å².